The van der Waals surface area contributed by atoms with Gasteiger partial charge in [0, 0.05) is 23.1 Å². The lowest BCUT2D eigenvalue weighted by molar-refractivity contribution is -0.120. The predicted octanol–water partition coefficient (Wildman–Crippen LogP) is 2.35. The molecule has 1 amide bonds. The van der Waals surface area contributed by atoms with Crippen LogP contribution in [0.3, 0.4) is 0 Å². The largest absolute Gasteiger partial charge is 0.366 e. The maximum atomic E-state index is 12.9. The van der Waals surface area contributed by atoms with Crippen LogP contribution in [0.2, 0.25) is 0 Å². The van der Waals surface area contributed by atoms with Gasteiger partial charge >= 0.3 is 0 Å². The third-order valence-corrected chi connectivity index (χ3v) is 7.30. The second kappa shape index (κ2) is 3.19. The highest BCUT2D eigenvalue weighted by atomic mass is 16.3. The van der Waals surface area contributed by atoms with Crippen molar-refractivity contribution in [3.05, 3.63) is 35.4 Å². The van der Waals surface area contributed by atoms with Crippen LogP contribution in [0, 0.1) is 29.6 Å². The first kappa shape index (κ1) is 11.2. The first-order valence-corrected chi connectivity index (χ1v) is 8.35. The van der Waals surface area contributed by atoms with E-state index in [0.29, 0.717) is 11.8 Å². The fourth-order valence-corrected chi connectivity index (χ4v) is 7.02. The van der Waals surface area contributed by atoms with Gasteiger partial charge < -0.3 is 10.0 Å². The Morgan fingerprint density at radius 2 is 1.90 bits per heavy atom. The Hall–Kier alpha value is -1.35. The average Bonchev–Trinajstić information content (AvgIpc) is 2.95. The molecular formula is C18H19NO2. The number of nitrogens with zero attached hydrogens (tertiary/aromatic N) is 1. The molecule has 2 aliphatic heterocycles. The molecule has 3 heteroatoms. The van der Waals surface area contributed by atoms with Gasteiger partial charge in [-0.2, -0.15) is 0 Å². The molecule has 3 saturated carbocycles. The molecule has 0 aromatic heterocycles. The minimum absolute atomic E-state index is 0.0764. The molecule has 0 spiro atoms. The van der Waals surface area contributed by atoms with Crippen LogP contribution in [0.15, 0.2) is 24.3 Å². The van der Waals surface area contributed by atoms with Gasteiger partial charge in [-0.3, -0.25) is 4.79 Å². The van der Waals surface area contributed by atoms with Gasteiger partial charge in [-0.1, -0.05) is 18.2 Å². The highest BCUT2D eigenvalue weighted by Gasteiger charge is 2.73. The number of amides is 1. The number of carbonyl (C=O) groups is 1. The van der Waals surface area contributed by atoms with Crippen LogP contribution in [-0.4, -0.2) is 22.0 Å². The molecule has 21 heavy (non-hydrogen) atoms. The fraction of sp³-hybridized carbons (Fsp3) is 0.611. The summed E-state index contributed by atoms with van der Waals surface area (Å²) >= 11 is 0. The zero-order valence-electron chi connectivity index (χ0n) is 11.9. The zero-order chi connectivity index (χ0) is 13.9. The van der Waals surface area contributed by atoms with Crippen LogP contribution in [0.25, 0.3) is 0 Å². The molecule has 3 aliphatic carbocycles. The summed E-state index contributed by atoms with van der Waals surface area (Å²) in [6, 6.07) is 8.04. The van der Waals surface area contributed by atoms with Crippen LogP contribution in [0.1, 0.15) is 41.6 Å². The average molecular weight is 281 g/mol. The molecule has 2 heterocycles. The summed E-state index contributed by atoms with van der Waals surface area (Å²) in [7, 11) is 0. The number of aliphatic hydroxyl groups is 1. The minimum Gasteiger partial charge on any atom is -0.366 e. The monoisotopic (exact) mass is 281 g/mol. The van der Waals surface area contributed by atoms with E-state index in [1.807, 2.05) is 29.2 Å². The van der Waals surface area contributed by atoms with Crippen molar-refractivity contribution in [2.75, 3.05) is 0 Å². The van der Waals surface area contributed by atoms with E-state index in [1.165, 1.54) is 19.3 Å². The van der Waals surface area contributed by atoms with E-state index in [9.17, 15) is 9.90 Å². The summed E-state index contributed by atoms with van der Waals surface area (Å²) in [4.78, 5) is 14.8. The molecule has 6 rings (SSSR count). The van der Waals surface area contributed by atoms with Gasteiger partial charge in [0.2, 0.25) is 0 Å². The Kier molecular flexibility index (Phi) is 1.71. The standard InChI is InChI=1S/C18H19NO2/c20-17-12-3-1-2-4-13(12)18(21)16-11-6-9-5-10(8-11)15(16)14(7-9)19(17)18/h1-4,9-11,14-16,21H,5-8H2/t9?,10?,11?,14-,15?,16?,18+/m1/s1. The number of fused-ring (bicyclic) bond motifs is 8. The van der Waals surface area contributed by atoms with Gasteiger partial charge in [-0.15, -0.1) is 0 Å². The SMILES string of the molecule is O=C1c2ccccc2[C@]2(O)C3C4CC5CC(C4)C3[C@@H](C5)N12. The Bertz CT molecular complexity index is 686. The molecule has 7 atom stereocenters. The van der Waals surface area contributed by atoms with Crippen LogP contribution in [0.4, 0.5) is 0 Å². The highest BCUT2D eigenvalue weighted by molar-refractivity contribution is 6.00. The maximum absolute atomic E-state index is 12.9. The lowest BCUT2D eigenvalue weighted by Gasteiger charge is -2.44. The van der Waals surface area contributed by atoms with Gasteiger partial charge in [-0.25, -0.2) is 0 Å². The van der Waals surface area contributed by atoms with Crippen molar-refractivity contribution in [3.63, 3.8) is 0 Å². The maximum Gasteiger partial charge on any atom is 0.257 e. The second-order valence-electron chi connectivity index (χ2n) is 7.95. The van der Waals surface area contributed by atoms with Crippen molar-refractivity contribution in [2.45, 2.75) is 37.5 Å². The molecule has 3 nitrogen and oxygen atoms in total. The molecular weight excluding hydrogens is 262 g/mol. The van der Waals surface area contributed by atoms with E-state index >= 15 is 0 Å². The number of hydrogen-bond acceptors (Lipinski definition) is 2. The smallest absolute Gasteiger partial charge is 0.257 e. The molecule has 5 aliphatic rings. The number of carbonyl (C=O) groups excluding carboxylic acids is 1. The molecule has 1 aromatic rings. The molecule has 1 aromatic carbocycles. The summed E-state index contributed by atoms with van der Waals surface area (Å²) in [6.07, 6.45) is 5.03. The van der Waals surface area contributed by atoms with Crippen molar-refractivity contribution in [2.24, 2.45) is 29.6 Å². The summed E-state index contributed by atoms with van der Waals surface area (Å²) in [5.41, 5.74) is 0.626. The van der Waals surface area contributed by atoms with Crippen molar-refractivity contribution in [1.82, 2.24) is 4.90 Å². The lowest BCUT2D eigenvalue weighted by atomic mass is 9.70. The first-order chi connectivity index (χ1) is 10.2. The minimum atomic E-state index is -1.00. The van der Waals surface area contributed by atoms with Crippen LogP contribution >= 0.6 is 0 Å². The highest BCUT2D eigenvalue weighted by Crippen LogP contribution is 2.70. The van der Waals surface area contributed by atoms with E-state index in [-0.39, 0.29) is 17.9 Å². The molecule has 3 bridgehead atoms. The first-order valence-electron chi connectivity index (χ1n) is 8.35. The van der Waals surface area contributed by atoms with Crippen LogP contribution < -0.4 is 0 Å². The predicted molar refractivity (Wildman–Crippen MR) is 76.2 cm³/mol. The van der Waals surface area contributed by atoms with Gasteiger partial charge in [-0.05, 0) is 55.4 Å². The quantitative estimate of drug-likeness (QED) is 0.793. The van der Waals surface area contributed by atoms with E-state index in [0.717, 1.165) is 29.4 Å². The summed E-state index contributed by atoms with van der Waals surface area (Å²) in [6.45, 7) is 0. The van der Waals surface area contributed by atoms with Gasteiger partial charge in [0.1, 0.15) is 0 Å². The van der Waals surface area contributed by atoms with E-state index in [2.05, 4.69) is 0 Å². The summed E-state index contributed by atoms with van der Waals surface area (Å²) in [5.74, 6) is 3.09. The van der Waals surface area contributed by atoms with Gasteiger partial charge in [0.05, 0.1) is 0 Å². The van der Waals surface area contributed by atoms with E-state index < -0.39 is 5.72 Å². The van der Waals surface area contributed by atoms with Crippen molar-refractivity contribution >= 4 is 5.91 Å². The Morgan fingerprint density at radius 1 is 1.10 bits per heavy atom. The van der Waals surface area contributed by atoms with E-state index in [4.69, 9.17) is 0 Å². The Balaban J connectivity index is 1.64. The lowest BCUT2D eigenvalue weighted by Crippen LogP contribution is -2.50. The van der Waals surface area contributed by atoms with E-state index in [1.54, 1.807) is 0 Å². The third-order valence-electron chi connectivity index (χ3n) is 7.30. The van der Waals surface area contributed by atoms with Gasteiger partial charge in [0.25, 0.3) is 5.91 Å². The van der Waals surface area contributed by atoms with Gasteiger partial charge in [0.15, 0.2) is 5.72 Å². The number of hydrogen-bond donors (Lipinski definition) is 1. The number of rotatable bonds is 0. The molecule has 5 unspecified atom stereocenters. The summed E-state index contributed by atoms with van der Waals surface area (Å²) < 4.78 is 0. The molecule has 4 fully saturated rings. The fourth-order valence-electron chi connectivity index (χ4n) is 7.02. The zero-order valence-corrected chi connectivity index (χ0v) is 11.9. The molecule has 0 radical (unpaired) electrons. The third kappa shape index (κ3) is 1.01. The summed E-state index contributed by atoms with van der Waals surface area (Å²) in [5, 5.41) is 11.7. The topological polar surface area (TPSA) is 40.5 Å². The van der Waals surface area contributed by atoms with Crippen molar-refractivity contribution < 1.29 is 9.90 Å². The Labute approximate surface area is 123 Å². The van der Waals surface area contributed by atoms with Crippen LogP contribution in [0.5, 0.6) is 0 Å². The van der Waals surface area contributed by atoms with Crippen molar-refractivity contribution in [3.8, 4) is 0 Å². The second-order valence-corrected chi connectivity index (χ2v) is 7.95. The molecule has 108 valence electrons. The van der Waals surface area contributed by atoms with Crippen LogP contribution in [-0.2, 0) is 5.72 Å². The molecule has 1 N–H and O–H groups in total. The van der Waals surface area contributed by atoms with Crippen molar-refractivity contribution in [1.29, 1.82) is 0 Å². The molecule has 1 saturated heterocycles. The normalized spacial score (nSPS) is 51.5. The Morgan fingerprint density at radius 3 is 2.81 bits per heavy atom. The number of benzene rings is 1.